The summed E-state index contributed by atoms with van der Waals surface area (Å²) in [4.78, 5) is 39.1. The number of carbonyl (C=O) groups excluding carboxylic acids is 3. The van der Waals surface area contributed by atoms with Crippen molar-refractivity contribution in [3.8, 4) is 0 Å². The smallest absolute Gasteiger partial charge is 0.338 e. The number of benzene rings is 1. The molecule has 4 aliphatic rings. The van der Waals surface area contributed by atoms with E-state index in [1.165, 1.54) is 32.9 Å². The number of ether oxygens (including phenoxy) is 3. The van der Waals surface area contributed by atoms with Gasteiger partial charge in [0.1, 0.15) is 30.1 Å². The summed E-state index contributed by atoms with van der Waals surface area (Å²) in [6, 6.07) is 7.63. The zero-order valence-electron chi connectivity index (χ0n) is 22.9. The molecule has 11 heteroatoms. The van der Waals surface area contributed by atoms with Crippen molar-refractivity contribution in [1.82, 2.24) is 0 Å². The van der Waals surface area contributed by atoms with E-state index in [0.717, 1.165) is 13.8 Å². The first kappa shape index (κ1) is 28.8. The van der Waals surface area contributed by atoms with Crippen LogP contribution >= 0.6 is 0 Å². The zero-order valence-corrected chi connectivity index (χ0v) is 22.9. The Labute approximate surface area is 229 Å². The summed E-state index contributed by atoms with van der Waals surface area (Å²) in [5.74, 6) is -8.60. The van der Waals surface area contributed by atoms with Crippen LogP contribution < -0.4 is 0 Å². The third-order valence-electron chi connectivity index (χ3n) is 9.89. The number of fused-ring (bicyclic) bond motifs is 5. The van der Waals surface area contributed by atoms with Gasteiger partial charge in [-0.25, -0.2) is 9.18 Å². The molecule has 2 saturated carbocycles. The average Bonchev–Trinajstić information content (AvgIpc) is 2.86. The second kappa shape index (κ2) is 8.87. The van der Waals surface area contributed by atoms with Crippen LogP contribution in [0.5, 0.6) is 0 Å². The SMILES string of the molecule is CC(=O)O[C@@]12CO[C@@H]1C[C@@H](F)[C@@]1(C)[C@H](O)C(F)(F)C3=C(C)C(=O)C[C@@](O)([C@@H](OC(=O)c4ccccc4)[C@H]21)C3(C)C. The Morgan fingerprint density at radius 2 is 1.75 bits per heavy atom. The Balaban J connectivity index is 1.84. The molecule has 0 unspecified atom stereocenters. The standard InChI is InChI=1S/C29H33F3O8/c1-14-17(34)12-28(37)22(39-23(35)16-9-7-6-8-10-16)21-26(5,24(36)29(31,32)20(14)25(28,3)4)18(30)11-19-27(21,13-38-19)40-15(2)33/h6-10,18-19,21-22,24,36-37H,11-13H2,1-5H3/t18-,19-,21+,22+,24+,26-,27+,28-/m1/s1. The highest BCUT2D eigenvalue weighted by atomic mass is 19.3. The minimum atomic E-state index is -4.20. The van der Waals surface area contributed by atoms with Gasteiger partial charge in [-0.1, -0.05) is 39.0 Å². The van der Waals surface area contributed by atoms with Gasteiger partial charge >= 0.3 is 11.9 Å². The number of esters is 2. The molecule has 0 aromatic heterocycles. The molecule has 2 bridgehead atoms. The second-order valence-corrected chi connectivity index (χ2v) is 12.3. The highest BCUT2D eigenvalue weighted by Gasteiger charge is 2.80. The number of ketones is 1. The highest BCUT2D eigenvalue weighted by Crippen LogP contribution is 2.67. The molecule has 0 spiro atoms. The molecule has 1 heterocycles. The largest absolute Gasteiger partial charge is 0.455 e. The summed E-state index contributed by atoms with van der Waals surface area (Å²) >= 11 is 0. The van der Waals surface area contributed by atoms with Crippen molar-refractivity contribution in [1.29, 1.82) is 0 Å². The Morgan fingerprint density at radius 1 is 1.12 bits per heavy atom. The molecule has 8 atom stereocenters. The number of hydrogen-bond acceptors (Lipinski definition) is 8. The van der Waals surface area contributed by atoms with Crippen molar-refractivity contribution in [2.75, 3.05) is 6.61 Å². The minimum absolute atomic E-state index is 0.0446. The lowest BCUT2D eigenvalue weighted by atomic mass is 9.44. The van der Waals surface area contributed by atoms with E-state index in [1.807, 2.05) is 0 Å². The third kappa shape index (κ3) is 3.53. The summed E-state index contributed by atoms with van der Waals surface area (Å²) in [5, 5.41) is 24.0. The van der Waals surface area contributed by atoms with E-state index in [0.29, 0.717) is 0 Å². The molecule has 1 saturated heterocycles. The fraction of sp³-hybridized carbons (Fsp3) is 0.621. The molecule has 40 heavy (non-hydrogen) atoms. The zero-order chi connectivity index (χ0) is 29.6. The van der Waals surface area contributed by atoms with E-state index in [9.17, 15) is 24.6 Å². The molecule has 3 fully saturated rings. The lowest BCUT2D eigenvalue weighted by Gasteiger charge is -2.68. The lowest BCUT2D eigenvalue weighted by molar-refractivity contribution is -0.365. The van der Waals surface area contributed by atoms with E-state index < -0.39 is 94.5 Å². The number of allylic oxidation sites excluding steroid dienone is 1. The first-order valence-corrected chi connectivity index (χ1v) is 13.2. The van der Waals surface area contributed by atoms with E-state index in [4.69, 9.17) is 14.2 Å². The fourth-order valence-corrected chi connectivity index (χ4v) is 7.71. The Hall–Kier alpha value is -2.76. The van der Waals surface area contributed by atoms with Gasteiger partial charge in [-0.15, -0.1) is 0 Å². The molecule has 1 aromatic rings. The predicted molar refractivity (Wildman–Crippen MR) is 133 cm³/mol. The van der Waals surface area contributed by atoms with E-state index in [2.05, 4.69) is 0 Å². The van der Waals surface area contributed by atoms with Crippen LogP contribution in [-0.2, 0) is 23.8 Å². The van der Waals surface area contributed by atoms with Crippen molar-refractivity contribution < 1.29 is 52.0 Å². The Morgan fingerprint density at radius 3 is 2.30 bits per heavy atom. The monoisotopic (exact) mass is 566 g/mol. The van der Waals surface area contributed by atoms with Crippen LogP contribution in [0.4, 0.5) is 13.2 Å². The van der Waals surface area contributed by atoms with Gasteiger partial charge in [-0.05, 0) is 24.6 Å². The molecule has 1 aromatic carbocycles. The van der Waals surface area contributed by atoms with Gasteiger partial charge in [-0.2, -0.15) is 8.78 Å². The van der Waals surface area contributed by atoms with Crippen LogP contribution in [0.1, 0.15) is 57.8 Å². The Kier molecular flexibility index (Phi) is 6.38. The topological polar surface area (TPSA) is 119 Å². The number of rotatable bonds is 3. The van der Waals surface area contributed by atoms with Gasteiger partial charge in [0.05, 0.1) is 18.1 Å². The number of carbonyl (C=O) groups is 3. The van der Waals surface area contributed by atoms with Crippen LogP contribution in [0, 0.1) is 16.7 Å². The van der Waals surface area contributed by atoms with Gasteiger partial charge < -0.3 is 24.4 Å². The molecule has 0 radical (unpaired) electrons. The number of Topliss-reactive ketones (excluding diaryl/α,β-unsaturated/α-hetero) is 1. The third-order valence-corrected chi connectivity index (χ3v) is 9.89. The van der Waals surface area contributed by atoms with E-state index in [1.54, 1.807) is 18.2 Å². The van der Waals surface area contributed by atoms with Gasteiger partial charge in [0, 0.05) is 36.2 Å². The molecule has 8 nitrogen and oxygen atoms in total. The van der Waals surface area contributed by atoms with Crippen LogP contribution in [0.15, 0.2) is 41.5 Å². The first-order chi connectivity index (χ1) is 18.5. The van der Waals surface area contributed by atoms with Crippen LogP contribution in [0.2, 0.25) is 0 Å². The average molecular weight is 567 g/mol. The van der Waals surface area contributed by atoms with Crippen molar-refractivity contribution in [3.63, 3.8) is 0 Å². The highest BCUT2D eigenvalue weighted by molar-refractivity contribution is 5.98. The number of aliphatic hydroxyl groups is 2. The maximum atomic E-state index is 16.5. The predicted octanol–water partition coefficient (Wildman–Crippen LogP) is 3.33. The summed E-state index contributed by atoms with van der Waals surface area (Å²) in [7, 11) is 0. The lowest BCUT2D eigenvalue weighted by Crippen LogP contribution is -2.82. The van der Waals surface area contributed by atoms with Crippen molar-refractivity contribution in [2.24, 2.45) is 16.7 Å². The van der Waals surface area contributed by atoms with Crippen molar-refractivity contribution in [2.45, 2.75) is 89.1 Å². The molecule has 1 aliphatic heterocycles. The summed E-state index contributed by atoms with van der Waals surface area (Å²) < 4.78 is 66.4. The minimum Gasteiger partial charge on any atom is -0.455 e. The number of halogens is 3. The maximum absolute atomic E-state index is 16.5. The molecule has 218 valence electrons. The fourth-order valence-electron chi connectivity index (χ4n) is 7.71. The summed E-state index contributed by atoms with van der Waals surface area (Å²) in [6.45, 7) is 5.50. The number of alkyl halides is 3. The molecular formula is C29H33F3O8. The van der Waals surface area contributed by atoms with E-state index in [-0.39, 0.29) is 17.7 Å². The molecule has 2 N–H and O–H groups in total. The van der Waals surface area contributed by atoms with Gasteiger partial charge in [0.2, 0.25) is 0 Å². The van der Waals surface area contributed by atoms with Crippen molar-refractivity contribution in [3.05, 3.63) is 47.0 Å². The van der Waals surface area contributed by atoms with Crippen LogP contribution in [0.25, 0.3) is 0 Å². The van der Waals surface area contributed by atoms with E-state index >= 15 is 13.2 Å². The molecule has 3 aliphatic carbocycles. The van der Waals surface area contributed by atoms with Gasteiger partial charge in [0.15, 0.2) is 11.4 Å². The van der Waals surface area contributed by atoms with Crippen LogP contribution in [0.3, 0.4) is 0 Å². The second-order valence-electron chi connectivity index (χ2n) is 12.3. The number of hydrogen-bond donors (Lipinski definition) is 2. The molecule has 5 rings (SSSR count). The maximum Gasteiger partial charge on any atom is 0.338 e. The first-order valence-electron chi connectivity index (χ1n) is 13.2. The van der Waals surface area contributed by atoms with Crippen LogP contribution in [-0.4, -0.2) is 76.1 Å². The molecule has 0 amide bonds. The normalized spacial score (nSPS) is 41.5. The summed E-state index contributed by atoms with van der Waals surface area (Å²) in [5.41, 5.74) is -9.94. The molecular weight excluding hydrogens is 533 g/mol. The van der Waals surface area contributed by atoms with Crippen molar-refractivity contribution >= 4 is 17.7 Å². The van der Waals surface area contributed by atoms with Gasteiger partial charge in [0.25, 0.3) is 5.92 Å². The number of aliphatic hydroxyl groups excluding tert-OH is 1. The summed E-state index contributed by atoms with van der Waals surface area (Å²) in [6.07, 6.45) is -9.17. The quantitative estimate of drug-likeness (QED) is 0.535. The Bertz CT molecular complexity index is 1300. The van der Waals surface area contributed by atoms with Gasteiger partial charge in [-0.3, -0.25) is 9.59 Å².